The van der Waals surface area contributed by atoms with Gasteiger partial charge in [-0.25, -0.2) is 4.98 Å². The highest BCUT2D eigenvalue weighted by molar-refractivity contribution is 7.13. The van der Waals surface area contributed by atoms with Gasteiger partial charge in [-0.3, -0.25) is 14.4 Å². The maximum atomic E-state index is 13.9. The fourth-order valence-corrected chi connectivity index (χ4v) is 6.45. The number of aliphatic hydroxyl groups is 1. The number of carbonyl (C=O) groups is 3. The van der Waals surface area contributed by atoms with Crippen LogP contribution >= 0.6 is 11.3 Å². The lowest BCUT2D eigenvalue weighted by molar-refractivity contribution is -0.141. The number of thiazole rings is 1. The topological polar surface area (TPSA) is 182 Å². The molecule has 1 saturated heterocycles. The van der Waals surface area contributed by atoms with E-state index in [0.29, 0.717) is 44.4 Å². The molecule has 1 aromatic carbocycles. The molecule has 0 aliphatic carbocycles. The summed E-state index contributed by atoms with van der Waals surface area (Å²) in [7, 11) is 0. The molecule has 256 valence electrons. The van der Waals surface area contributed by atoms with Gasteiger partial charge in [0.2, 0.25) is 17.7 Å². The Hall–Kier alpha value is -3.69. The average molecular weight is 671 g/mol. The number of aliphatic hydroxyl groups excluding tert-OH is 1. The fraction of sp³-hybridized carbons (Fsp3) is 0.545. The first-order valence-corrected chi connectivity index (χ1v) is 16.8. The van der Waals surface area contributed by atoms with Crippen LogP contribution in [0.25, 0.3) is 10.4 Å². The number of aromatic nitrogens is 2. The van der Waals surface area contributed by atoms with Gasteiger partial charge >= 0.3 is 0 Å². The van der Waals surface area contributed by atoms with Gasteiger partial charge in [0.1, 0.15) is 17.7 Å². The summed E-state index contributed by atoms with van der Waals surface area (Å²) in [5.74, 6) is -1.44. The maximum Gasteiger partial charge on any atom is 0.243 e. The number of hydrogen-bond acceptors (Lipinski definition) is 11. The van der Waals surface area contributed by atoms with Gasteiger partial charge in [0, 0.05) is 32.1 Å². The van der Waals surface area contributed by atoms with Crippen molar-refractivity contribution in [2.75, 3.05) is 46.1 Å². The van der Waals surface area contributed by atoms with Crippen LogP contribution in [0.15, 0.2) is 40.4 Å². The quantitative estimate of drug-likeness (QED) is 0.156. The molecule has 4 atom stereocenters. The summed E-state index contributed by atoms with van der Waals surface area (Å²) in [5.41, 5.74) is 10.5. The van der Waals surface area contributed by atoms with Crippen LogP contribution in [0.3, 0.4) is 0 Å². The maximum absolute atomic E-state index is 13.9. The van der Waals surface area contributed by atoms with Gasteiger partial charge in [0.15, 0.2) is 0 Å². The van der Waals surface area contributed by atoms with Crippen molar-refractivity contribution in [3.05, 3.63) is 58.6 Å². The lowest BCUT2D eigenvalue weighted by Gasteiger charge is -2.30. The average Bonchev–Trinajstić information content (AvgIpc) is 3.77. The van der Waals surface area contributed by atoms with E-state index < -0.39 is 30.0 Å². The number of benzene rings is 1. The Morgan fingerprint density at radius 1 is 1.13 bits per heavy atom. The van der Waals surface area contributed by atoms with Crippen molar-refractivity contribution < 1.29 is 33.5 Å². The second-order valence-corrected chi connectivity index (χ2v) is 12.9. The van der Waals surface area contributed by atoms with Gasteiger partial charge in [0.25, 0.3) is 0 Å². The van der Waals surface area contributed by atoms with Crippen LogP contribution in [-0.4, -0.2) is 96.1 Å². The monoisotopic (exact) mass is 670 g/mol. The molecule has 4 rings (SSSR count). The molecule has 3 heterocycles. The standard InChI is InChI=1S/C33H46N6O7S/c1-20(2)30(28-15-21(3)38-46-28)33(43)39-18-25(40)16-27(39)32(42)37-26(17-29(41)35-10-12-45-14-13-44-11-9-34)23-5-7-24(8-6-23)31-22(4)36-19-47-31/h5-8,15,19-20,25-27,30,40H,9-14,16-18,34H2,1-4H3,(H,35,41)(H,37,42)/t25-,26+,27+,30-/m1/s1. The molecule has 1 aliphatic heterocycles. The first-order chi connectivity index (χ1) is 22.6. The third-order valence-electron chi connectivity index (χ3n) is 7.98. The van der Waals surface area contributed by atoms with E-state index in [4.69, 9.17) is 19.7 Å². The number of hydrogen-bond donors (Lipinski definition) is 4. The van der Waals surface area contributed by atoms with Crippen molar-refractivity contribution in [3.63, 3.8) is 0 Å². The van der Waals surface area contributed by atoms with E-state index in [0.717, 1.165) is 21.7 Å². The number of amides is 3. The first kappa shape index (κ1) is 36.2. The van der Waals surface area contributed by atoms with Crippen molar-refractivity contribution in [3.8, 4) is 10.4 Å². The number of nitrogens with two attached hydrogens (primary N) is 1. The zero-order chi connectivity index (χ0) is 33.9. The summed E-state index contributed by atoms with van der Waals surface area (Å²) < 4.78 is 16.2. The number of carbonyl (C=O) groups excluding carboxylic acids is 3. The summed E-state index contributed by atoms with van der Waals surface area (Å²) in [6, 6.07) is 7.73. The van der Waals surface area contributed by atoms with Crippen LogP contribution in [0.2, 0.25) is 0 Å². The fourth-order valence-electron chi connectivity index (χ4n) is 5.64. The number of β-amino-alcohol motifs (C(OH)–C–C–N with tert-alkyl or cyclic N) is 1. The Kier molecular flexibility index (Phi) is 13.4. The van der Waals surface area contributed by atoms with E-state index in [-0.39, 0.29) is 43.7 Å². The molecule has 2 aromatic heterocycles. The van der Waals surface area contributed by atoms with Gasteiger partial charge in [-0.2, -0.15) is 0 Å². The molecule has 0 radical (unpaired) electrons. The third-order valence-corrected chi connectivity index (χ3v) is 8.96. The van der Waals surface area contributed by atoms with Crippen molar-refractivity contribution >= 4 is 29.1 Å². The Bertz CT molecular complexity index is 1460. The van der Waals surface area contributed by atoms with Crippen molar-refractivity contribution in [1.82, 2.24) is 25.7 Å². The molecule has 13 nitrogen and oxygen atoms in total. The Balaban J connectivity index is 1.47. The largest absolute Gasteiger partial charge is 0.391 e. The molecule has 3 amide bonds. The predicted octanol–water partition coefficient (Wildman–Crippen LogP) is 2.47. The van der Waals surface area contributed by atoms with Gasteiger partial charge < -0.3 is 40.4 Å². The van der Waals surface area contributed by atoms with Crippen LogP contribution < -0.4 is 16.4 Å². The lowest BCUT2D eigenvalue weighted by Crippen LogP contribution is -2.49. The van der Waals surface area contributed by atoms with E-state index in [1.54, 1.807) is 18.5 Å². The van der Waals surface area contributed by atoms with Crippen molar-refractivity contribution in [1.29, 1.82) is 0 Å². The zero-order valence-electron chi connectivity index (χ0n) is 27.4. The zero-order valence-corrected chi connectivity index (χ0v) is 28.3. The number of likely N-dealkylation sites (tertiary alicyclic amines) is 1. The normalized spacial score (nSPS) is 17.6. The molecule has 5 N–H and O–H groups in total. The number of rotatable bonds is 17. The molecule has 47 heavy (non-hydrogen) atoms. The molecule has 0 bridgehead atoms. The summed E-state index contributed by atoms with van der Waals surface area (Å²) in [5, 5.41) is 20.4. The van der Waals surface area contributed by atoms with E-state index in [1.807, 2.05) is 45.0 Å². The van der Waals surface area contributed by atoms with Crippen LogP contribution in [0.4, 0.5) is 0 Å². The number of nitrogens with zero attached hydrogens (tertiary/aromatic N) is 3. The number of nitrogens with one attached hydrogen (secondary N) is 2. The summed E-state index contributed by atoms with van der Waals surface area (Å²) in [4.78, 5) is 47.6. The molecular weight excluding hydrogens is 624 g/mol. The van der Waals surface area contributed by atoms with Crippen LogP contribution in [0.5, 0.6) is 0 Å². The highest BCUT2D eigenvalue weighted by Crippen LogP contribution is 2.32. The second-order valence-electron chi connectivity index (χ2n) is 12.0. The van der Waals surface area contributed by atoms with Gasteiger partial charge in [-0.1, -0.05) is 43.3 Å². The van der Waals surface area contributed by atoms with Gasteiger partial charge in [-0.05, 0) is 30.9 Å². The highest BCUT2D eigenvalue weighted by atomic mass is 32.1. The SMILES string of the molecule is Cc1cc([C@H](C(=O)N2C[C@H](O)C[C@H]2C(=O)N[C@@H](CC(=O)NCCOCCOCCN)c2ccc(-c3scnc3C)cc2)C(C)C)on1. The van der Waals surface area contributed by atoms with Crippen LogP contribution in [0.1, 0.15) is 61.4 Å². The van der Waals surface area contributed by atoms with Gasteiger partial charge in [-0.15, -0.1) is 11.3 Å². The van der Waals surface area contributed by atoms with E-state index in [9.17, 15) is 19.5 Å². The molecule has 3 aromatic rings. The summed E-state index contributed by atoms with van der Waals surface area (Å²) in [6.45, 7) is 9.83. The predicted molar refractivity (Wildman–Crippen MR) is 176 cm³/mol. The molecule has 1 fully saturated rings. The minimum absolute atomic E-state index is 0.0125. The molecule has 0 unspecified atom stereocenters. The molecule has 14 heteroatoms. The van der Waals surface area contributed by atoms with E-state index >= 15 is 0 Å². The third kappa shape index (κ3) is 9.91. The molecular formula is C33H46N6O7S. The van der Waals surface area contributed by atoms with E-state index in [1.165, 1.54) is 16.2 Å². The minimum Gasteiger partial charge on any atom is -0.391 e. The lowest BCUT2D eigenvalue weighted by atomic mass is 9.91. The Morgan fingerprint density at radius 2 is 1.85 bits per heavy atom. The number of ether oxygens (including phenoxy) is 2. The Labute approximate surface area is 279 Å². The second kappa shape index (κ2) is 17.5. The van der Waals surface area contributed by atoms with E-state index in [2.05, 4.69) is 20.8 Å². The van der Waals surface area contributed by atoms with Crippen LogP contribution in [-0.2, 0) is 23.9 Å². The van der Waals surface area contributed by atoms with Crippen LogP contribution in [0, 0.1) is 19.8 Å². The summed E-state index contributed by atoms with van der Waals surface area (Å²) >= 11 is 1.54. The minimum atomic E-state index is -0.928. The smallest absolute Gasteiger partial charge is 0.243 e. The number of aryl methyl sites for hydroxylation is 2. The van der Waals surface area contributed by atoms with Crippen molar-refractivity contribution in [2.45, 2.75) is 64.6 Å². The molecule has 0 saturated carbocycles. The highest BCUT2D eigenvalue weighted by Gasteiger charge is 2.43. The first-order valence-electron chi connectivity index (χ1n) is 15.9. The Morgan fingerprint density at radius 3 is 2.47 bits per heavy atom. The van der Waals surface area contributed by atoms with Crippen molar-refractivity contribution in [2.24, 2.45) is 11.7 Å². The molecule has 0 spiro atoms. The van der Waals surface area contributed by atoms with Gasteiger partial charge in [0.05, 0.1) is 66.8 Å². The summed E-state index contributed by atoms with van der Waals surface area (Å²) in [6.07, 6.45) is -0.838. The molecule has 1 aliphatic rings.